The highest BCUT2D eigenvalue weighted by molar-refractivity contribution is 4.82. The summed E-state index contributed by atoms with van der Waals surface area (Å²) in [6, 6.07) is 0. The maximum atomic E-state index is 8.94. The van der Waals surface area contributed by atoms with Crippen molar-refractivity contribution >= 4 is 0 Å². The van der Waals surface area contributed by atoms with Gasteiger partial charge in [0, 0.05) is 13.2 Å². The minimum absolute atomic E-state index is 0.0115. The molecule has 0 radical (unpaired) electrons. The van der Waals surface area contributed by atoms with Gasteiger partial charge in [-0.3, -0.25) is 0 Å². The van der Waals surface area contributed by atoms with E-state index in [1.54, 1.807) is 0 Å². The van der Waals surface area contributed by atoms with Crippen LogP contribution in [0.1, 0.15) is 232 Å². The van der Waals surface area contributed by atoms with E-state index < -0.39 is 0 Å². The molecular formula is C57H114NO8+. The molecule has 9 nitrogen and oxygen atoms in total. The average Bonchev–Trinajstić information content (AvgIpc) is 3.31. The van der Waals surface area contributed by atoms with Gasteiger partial charge in [-0.1, -0.05) is 167 Å². The summed E-state index contributed by atoms with van der Waals surface area (Å²) in [7, 11) is 4.72. The van der Waals surface area contributed by atoms with E-state index in [2.05, 4.69) is 52.2 Å². The molecule has 0 saturated heterocycles. The van der Waals surface area contributed by atoms with Crippen LogP contribution in [0.2, 0.25) is 0 Å². The minimum Gasteiger partial charge on any atom is -0.394 e. The molecule has 0 heterocycles. The lowest BCUT2D eigenvalue weighted by atomic mass is 10.1. The van der Waals surface area contributed by atoms with Gasteiger partial charge in [0.05, 0.1) is 80.1 Å². The van der Waals surface area contributed by atoms with Crippen LogP contribution in [-0.4, -0.2) is 127 Å². The molecule has 0 aromatic carbocycles. The van der Waals surface area contributed by atoms with Crippen LogP contribution in [0.15, 0.2) is 24.3 Å². The summed E-state index contributed by atoms with van der Waals surface area (Å²) >= 11 is 0. The van der Waals surface area contributed by atoms with Gasteiger partial charge >= 0.3 is 0 Å². The average molecular weight is 942 g/mol. The SMILES string of the molecule is CCCCCCCCC=CCCCCCCCCOCC(C[N+](C)(C)CCCCCCCC(OCCOCCO)OCCOCCO)OCCCCCCCCC=CCCCCCCCC. The Labute approximate surface area is 410 Å². The smallest absolute Gasteiger partial charge is 0.157 e. The molecule has 0 rings (SSSR count). The summed E-state index contributed by atoms with van der Waals surface area (Å²) < 4.78 is 36.4. The highest BCUT2D eigenvalue weighted by atomic mass is 16.7. The molecule has 9 heteroatoms. The summed E-state index contributed by atoms with van der Waals surface area (Å²) in [6.07, 6.45) is 53.2. The Bertz CT molecular complexity index is 951. The number of ether oxygens (including phenoxy) is 6. The van der Waals surface area contributed by atoms with Gasteiger partial charge in [-0.05, 0) is 89.9 Å². The van der Waals surface area contributed by atoms with E-state index in [1.165, 1.54) is 186 Å². The number of likely N-dealkylation sites (N-methyl/N-ethyl adjacent to an activating group) is 1. The third-order valence-electron chi connectivity index (χ3n) is 12.5. The number of quaternary nitrogens is 1. The van der Waals surface area contributed by atoms with E-state index in [1.807, 2.05) is 0 Å². The van der Waals surface area contributed by atoms with Gasteiger partial charge in [-0.15, -0.1) is 0 Å². The predicted octanol–water partition coefficient (Wildman–Crippen LogP) is 14.3. The first-order valence-corrected chi connectivity index (χ1v) is 28.4. The van der Waals surface area contributed by atoms with Crippen molar-refractivity contribution in [3.8, 4) is 0 Å². The number of nitrogens with zero attached hydrogens (tertiary/aromatic N) is 1. The molecule has 0 fully saturated rings. The highest BCUT2D eigenvalue weighted by Crippen LogP contribution is 2.16. The van der Waals surface area contributed by atoms with E-state index in [9.17, 15) is 0 Å². The Balaban J connectivity index is 4.52. The monoisotopic (exact) mass is 941 g/mol. The fraction of sp³-hybridized carbons (Fsp3) is 0.930. The molecule has 2 N–H and O–H groups in total. The van der Waals surface area contributed by atoms with Crippen molar-refractivity contribution in [3.63, 3.8) is 0 Å². The van der Waals surface area contributed by atoms with Gasteiger partial charge in [0.25, 0.3) is 0 Å². The molecule has 66 heavy (non-hydrogen) atoms. The highest BCUT2D eigenvalue weighted by Gasteiger charge is 2.23. The van der Waals surface area contributed by atoms with Crippen molar-refractivity contribution in [1.29, 1.82) is 0 Å². The van der Waals surface area contributed by atoms with E-state index in [4.69, 9.17) is 38.6 Å². The lowest BCUT2D eigenvalue weighted by Crippen LogP contribution is -2.48. The van der Waals surface area contributed by atoms with Crippen molar-refractivity contribution in [2.24, 2.45) is 0 Å². The zero-order valence-electron chi connectivity index (χ0n) is 44.5. The largest absolute Gasteiger partial charge is 0.394 e. The van der Waals surface area contributed by atoms with E-state index in [0.717, 1.165) is 62.9 Å². The standard InChI is InChI=1S/C57H114NO8/c1-5-7-9-11-13-15-17-19-21-23-25-27-29-31-36-40-46-63-55-56(64-47-41-37-32-30-28-26-24-22-20-18-16-14-12-10-8-6-2)54-58(3,4)43-39-35-33-34-38-42-57(65-52-50-61-48-44-59)66-53-51-62-49-45-60/h19-22,56-57,59-60H,5-18,23-55H2,1-4H3/q+1. The van der Waals surface area contributed by atoms with Crippen LogP contribution in [0.5, 0.6) is 0 Å². The molecule has 0 aliphatic heterocycles. The molecule has 1 atom stereocenters. The van der Waals surface area contributed by atoms with E-state index in [-0.39, 0.29) is 25.6 Å². The van der Waals surface area contributed by atoms with Gasteiger partial charge in [-0.2, -0.15) is 0 Å². The van der Waals surface area contributed by atoms with Crippen LogP contribution in [-0.2, 0) is 28.4 Å². The Morgan fingerprint density at radius 1 is 0.379 bits per heavy atom. The molecule has 0 bridgehead atoms. The summed E-state index contributed by atoms with van der Waals surface area (Å²) in [6.45, 7) is 11.5. The number of hydrogen-bond acceptors (Lipinski definition) is 8. The molecule has 0 aliphatic rings. The number of aliphatic hydroxyl groups excluding tert-OH is 2. The van der Waals surface area contributed by atoms with Crippen molar-refractivity contribution in [1.82, 2.24) is 0 Å². The number of hydrogen-bond donors (Lipinski definition) is 2. The minimum atomic E-state index is -0.297. The van der Waals surface area contributed by atoms with Crippen molar-refractivity contribution in [2.75, 3.05) is 99.9 Å². The zero-order chi connectivity index (χ0) is 48.0. The summed E-state index contributed by atoms with van der Waals surface area (Å²) in [5, 5.41) is 17.9. The molecule has 0 spiro atoms. The number of aliphatic hydroxyl groups is 2. The Morgan fingerprint density at radius 2 is 0.773 bits per heavy atom. The first-order valence-electron chi connectivity index (χ1n) is 28.4. The topological polar surface area (TPSA) is 95.8 Å². The maximum Gasteiger partial charge on any atom is 0.157 e. The van der Waals surface area contributed by atoms with Crippen LogP contribution < -0.4 is 0 Å². The Kier molecular flexibility index (Phi) is 54.3. The molecule has 0 aromatic rings. The first kappa shape index (κ1) is 65.1. The van der Waals surface area contributed by atoms with Gasteiger partial charge in [0.2, 0.25) is 0 Å². The van der Waals surface area contributed by atoms with Crippen molar-refractivity contribution in [2.45, 2.75) is 245 Å². The Morgan fingerprint density at radius 3 is 1.23 bits per heavy atom. The molecule has 0 aromatic heterocycles. The molecule has 0 amide bonds. The van der Waals surface area contributed by atoms with E-state index in [0.29, 0.717) is 46.2 Å². The number of allylic oxidation sites excluding steroid dienone is 4. The second-order valence-corrected chi connectivity index (χ2v) is 19.7. The van der Waals surface area contributed by atoms with Crippen LogP contribution in [0, 0.1) is 0 Å². The third kappa shape index (κ3) is 52.5. The maximum absolute atomic E-state index is 8.94. The third-order valence-corrected chi connectivity index (χ3v) is 12.5. The normalized spacial score (nSPS) is 12.8. The molecule has 0 saturated carbocycles. The molecule has 1 unspecified atom stereocenters. The quantitative estimate of drug-likeness (QED) is 0.0269. The lowest BCUT2D eigenvalue weighted by molar-refractivity contribution is -0.893. The molecule has 394 valence electrons. The zero-order valence-corrected chi connectivity index (χ0v) is 44.5. The number of rotatable bonds is 57. The fourth-order valence-electron chi connectivity index (χ4n) is 8.47. The van der Waals surface area contributed by atoms with Crippen LogP contribution in [0.25, 0.3) is 0 Å². The predicted molar refractivity (Wildman–Crippen MR) is 281 cm³/mol. The van der Waals surface area contributed by atoms with Gasteiger partial charge in [-0.25, -0.2) is 0 Å². The van der Waals surface area contributed by atoms with E-state index >= 15 is 0 Å². The fourth-order valence-corrected chi connectivity index (χ4v) is 8.47. The van der Waals surface area contributed by atoms with Crippen LogP contribution in [0.4, 0.5) is 0 Å². The summed E-state index contributed by atoms with van der Waals surface area (Å²) in [4.78, 5) is 0. The van der Waals surface area contributed by atoms with Gasteiger partial charge in [0.1, 0.15) is 12.6 Å². The second kappa shape index (κ2) is 55.1. The lowest BCUT2D eigenvalue weighted by Gasteiger charge is -2.33. The second-order valence-electron chi connectivity index (χ2n) is 19.7. The van der Waals surface area contributed by atoms with Gasteiger partial charge < -0.3 is 43.1 Å². The summed E-state index contributed by atoms with van der Waals surface area (Å²) in [5.41, 5.74) is 0. The van der Waals surface area contributed by atoms with Crippen LogP contribution in [0.3, 0.4) is 0 Å². The first-order chi connectivity index (χ1) is 32.5. The van der Waals surface area contributed by atoms with Crippen molar-refractivity contribution in [3.05, 3.63) is 24.3 Å². The molecular weight excluding hydrogens is 827 g/mol. The van der Waals surface area contributed by atoms with Gasteiger partial charge in [0.15, 0.2) is 6.29 Å². The van der Waals surface area contributed by atoms with Crippen LogP contribution >= 0.6 is 0 Å². The van der Waals surface area contributed by atoms with Crippen molar-refractivity contribution < 1.29 is 43.1 Å². The Hall–Kier alpha value is -0.880. The summed E-state index contributed by atoms with van der Waals surface area (Å²) in [5.74, 6) is 0. The number of unbranched alkanes of at least 4 members (excludes halogenated alkanes) is 28. The molecule has 0 aliphatic carbocycles.